The Balaban J connectivity index is 2.48. The van der Waals surface area contributed by atoms with Crippen molar-refractivity contribution in [2.75, 3.05) is 6.54 Å². The molecule has 0 radical (unpaired) electrons. The second kappa shape index (κ2) is 6.75. The zero-order valence-electron chi connectivity index (χ0n) is 11.9. The Morgan fingerprint density at radius 3 is 2.58 bits per heavy atom. The molecule has 6 heteroatoms. The Morgan fingerprint density at radius 2 is 2.11 bits per heavy atom. The number of carbonyl (C=O) groups excluding carboxylic acids is 1. The van der Waals surface area contributed by atoms with Crippen molar-refractivity contribution in [1.29, 1.82) is 0 Å². The van der Waals surface area contributed by atoms with E-state index in [4.69, 9.17) is 9.84 Å². The van der Waals surface area contributed by atoms with Gasteiger partial charge in [-0.05, 0) is 46.6 Å². The van der Waals surface area contributed by atoms with Crippen molar-refractivity contribution < 1.29 is 19.4 Å². The van der Waals surface area contributed by atoms with E-state index in [1.165, 1.54) is 0 Å². The van der Waals surface area contributed by atoms with Crippen LogP contribution in [0.1, 0.15) is 46.5 Å². The molecule has 0 saturated carbocycles. The van der Waals surface area contributed by atoms with E-state index in [1.54, 1.807) is 20.8 Å². The van der Waals surface area contributed by atoms with E-state index >= 15 is 0 Å². The summed E-state index contributed by atoms with van der Waals surface area (Å²) in [6.45, 7) is 6.13. The number of carbonyl (C=O) groups is 2. The van der Waals surface area contributed by atoms with Crippen molar-refractivity contribution in [3.8, 4) is 0 Å². The number of carboxylic acids is 1. The molecule has 1 fully saturated rings. The van der Waals surface area contributed by atoms with Gasteiger partial charge in [0.15, 0.2) is 0 Å². The van der Waals surface area contributed by atoms with E-state index in [0.29, 0.717) is 6.42 Å². The van der Waals surface area contributed by atoms with Gasteiger partial charge in [0.05, 0.1) is 0 Å². The predicted molar refractivity (Wildman–Crippen MR) is 71.1 cm³/mol. The smallest absolute Gasteiger partial charge is 0.408 e. The van der Waals surface area contributed by atoms with Crippen LogP contribution in [0.15, 0.2) is 0 Å². The molecule has 3 N–H and O–H groups in total. The third-order valence-corrected chi connectivity index (χ3v) is 2.92. The molecule has 110 valence electrons. The molecule has 0 bridgehead atoms. The van der Waals surface area contributed by atoms with Crippen LogP contribution in [0.5, 0.6) is 0 Å². The summed E-state index contributed by atoms with van der Waals surface area (Å²) in [6, 6.07) is -0.768. The highest BCUT2D eigenvalue weighted by Crippen LogP contribution is 2.13. The molecular weight excluding hydrogens is 248 g/mol. The third kappa shape index (κ3) is 6.42. The van der Waals surface area contributed by atoms with Crippen molar-refractivity contribution in [1.82, 2.24) is 10.6 Å². The van der Waals surface area contributed by atoms with Gasteiger partial charge >= 0.3 is 12.1 Å². The number of piperidine rings is 1. The molecule has 1 heterocycles. The minimum atomic E-state index is -1.03. The first-order valence-corrected chi connectivity index (χ1v) is 6.73. The Bertz CT molecular complexity index is 319. The minimum Gasteiger partial charge on any atom is -0.480 e. The van der Waals surface area contributed by atoms with E-state index in [-0.39, 0.29) is 6.04 Å². The Morgan fingerprint density at radius 1 is 1.42 bits per heavy atom. The first kappa shape index (κ1) is 15.8. The Hall–Kier alpha value is -1.30. The molecule has 1 saturated heterocycles. The van der Waals surface area contributed by atoms with E-state index in [0.717, 1.165) is 25.8 Å². The summed E-state index contributed by atoms with van der Waals surface area (Å²) in [6.07, 6.45) is 2.86. The number of hydrogen-bond acceptors (Lipinski definition) is 4. The first-order valence-electron chi connectivity index (χ1n) is 6.73. The van der Waals surface area contributed by atoms with Gasteiger partial charge in [-0.1, -0.05) is 6.42 Å². The second-order valence-electron chi connectivity index (χ2n) is 5.92. The molecule has 0 aromatic rings. The molecule has 0 aromatic heterocycles. The monoisotopic (exact) mass is 272 g/mol. The van der Waals surface area contributed by atoms with Crippen molar-refractivity contribution in [3.05, 3.63) is 0 Å². The lowest BCUT2D eigenvalue weighted by Gasteiger charge is -2.27. The van der Waals surface area contributed by atoms with E-state index in [1.807, 2.05) is 0 Å². The summed E-state index contributed by atoms with van der Waals surface area (Å²) < 4.78 is 5.07. The zero-order valence-corrected chi connectivity index (χ0v) is 11.9. The van der Waals surface area contributed by atoms with E-state index in [2.05, 4.69) is 10.6 Å². The van der Waals surface area contributed by atoms with Gasteiger partial charge < -0.3 is 20.5 Å². The number of nitrogens with one attached hydrogen (secondary N) is 2. The van der Waals surface area contributed by atoms with Gasteiger partial charge in [-0.2, -0.15) is 0 Å². The number of carboxylic acid groups (broad SMARTS) is 1. The van der Waals surface area contributed by atoms with Crippen molar-refractivity contribution in [2.24, 2.45) is 0 Å². The summed E-state index contributed by atoms with van der Waals surface area (Å²) in [5.74, 6) is -1.03. The zero-order chi connectivity index (χ0) is 14.5. The van der Waals surface area contributed by atoms with Crippen LogP contribution in [0.25, 0.3) is 0 Å². The van der Waals surface area contributed by atoms with Crippen molar-refractivity contribution >= 4 is 12.1 Å². The average Bonchev–Trinajstić information content (AvgIpc) is 2.26. The number of hydrogen-bond donors (Lipinski definition) is 3. The van der Waals surface area contributed by atoms with Gasteiger partial charge in [0.1, 0.15) is 11.6 Å². The molecule has 0 spiro atoms. The van der Waals surface area contributed by atoms with Gasteiger partial charge in [-0.3, -0.25) is 0 Å². The quantitative estimate of drug-likeness (QED) is 0.722. The molecule has 1 aliphatic rings. The van der Waals surface area contributed by atoms with Crippen LogP contribution in [0.3, 0.4) is 0 Å². The number of alkyl carbamates (subject to hydrolysis) is 1. The maximum atomic E-state index is 11.6. The molecule has 1 aliphatic heterocycles. The van der Waals surface area contributed by atoms with Gasteiger partial charge in [0, 0.05) is 6.04 Å². The summed E-state index contributed by atoms with van der Waals surface area (Å²) in [5, 5.41) is 14.8. The predicted octanol–water partition coefficient (Wildman–Crippen LogP) is 1.50. The largest absolute Gasteiger partial charge is 0.480 e. The lowest BCUT2D eigenvalue weighted by molar-refractivity contribution is -0.139. The lowest BCUT2D eigenvalue weighted by atomic mass is 9.98. The van der Waals surface area contributed by atoms with Crippen LogP contribution in [-0.2, 0) is 9.53 Å². The number of rotatable bonds is 4. The average molecular weight is 272 g/mol. The molecular formula is C13H24N2O4. The van der Waals surface area contributed by atoms with Gasteiger partial charge in [0.2, 0.25) is 0 Å². The normalized spacial score (nSPS) is 21.5. The van der Waals surface area contributed by atoms with Crippen LogP contribution in [0.4, 0.5) is 4.79 Å². The molecule has 6 nitrogen and oxygen atoms in total. The van der Waals surface area contributed by atoms with Crippen LogP contribution in [0.2, 0.25) is 0 Å². The van der Waals surface area contributed by atoms with Crippen LogP contribution < -0.4 is 10.6 Å². The first-order chi connectivity index (χ1) is 8.78. The summed E-state index contributed by atoms with van der Waals surface area (Å²) in [5.41, 5.74) is -0.629. The minimum absolute atomic E-state index is 0.143. The fourth-order valence-corrected chi connectivity index (χ4v) is 2.08. The molecule has 2 atom stereocenters. The lowest BCUT2D eigenvalue weighted by Crippen LogP contribution is -2.48. The molecule has 1 amide bonds. The molecule has 1 unspecified atom stereocenters. The molecule has 1 rings (SSSR count). The second-order valence-corrected chi connectivity index (χ2v) is 5.92. The number of aliphatic carboxylic acids is 1. The van der Waals surface area contributed by atoms with E-state index < -0.39 is 23.7 Å². The standard InChI is InChI=1S/C13H24N2O4/c1-13(2,3)19-12(18)15-10(11(16)17)8-9-6-4-5-7-14-9/h9-10,14H,4-8H2,1-3H3,(H,15,18)(H,16,17)/t9?,10-/m0/s1. The van der Waals surface area contributed by atoms with Crippen molar-refractivity contribution in [3.63, 3.8) is 0 Å². The highest BCUT2D eigenvalue weighted by atomic mass is 16.6. The maximum absolute atomic E-state index is 11.6. The highest BCUT2D eigenvalue weighted by Gasteiger charge is 2.27. The highest BCUT2D eigenvalue weighted by molar-refractivity contribution is 5.80. The van der Waals surface area contributed by atoms with Gasteiger partial charge in [-0.25, -0.2) is 9.59 Å². The van der Waals surface area contributed by atoms with Gasteiger partial charge in [0.25, 0.3) is 0 Å². The van der Waals surface area contributed by atoms with E-state index in [9.17, 15) is 9.59 Å². The number of amides is 1. The number of ether oxygens (including phenoxy) is 1. The van der Waals surface area contributed by atoms with Crippen LogP contribution >= 0.6 is 0 Å². The fraction of sp³-hybridized carbons (Fsp3) is 0.846. The Kier molecular flexibility index (Phi) is 5.60. The van der Waals surface area contributed by atoms with Crippen LogP contribution in [0, 0.1) is 0 Å². The van der Waals surface area contributed by atoms with Crippen molar-refractivity contribution in [2.45, 2.75) is 64.1 Å². The summed E-state index contributed by atoms with van der Waals surface area (Å²) in [7, 11) is 0. The Labute approximate surface area is 113 Å². The summed E-state index contributed by atoms with van der Waals surface area (Å²) in [4.78, 5) is 22.8. The molecule has 19 heavy (non-hydrogen) atoms. The summed E-state index contributed by atoms with van der Waals surface area (Å²) >= 11 is 0. The fourth-order valence-electron chi connectivity index (χ4n) is 2.08. The SMILES string of the molecule is CC(C)(C)OC(=O)N[C@@H](CC1CCCCN1)C(=O)O. The molecule has 0 aromatic carbocycles. The topological polar surface area (TPSA) is 87.7 Å². The molecule has 0 aliphatic carbocycles. The van der Waals surface area contributed by atoms with Gasteiger partial charge in [-0.15, -0.1) is 0 Å². The van der Waals surface area contributed by atoms with Crippen LogP contribution in [-0.4, -0.2) is 41.4 Å². The third-order valence-electron chi connectivity index (χ3n) is 2.92. The maximum Gasteiger partial charge on any atom is 0.408 e.